The molecule has 1 atom stereocenters. The van der Waals surface area contributed by atoms with E-state index in [4.69, 9.17) is 21.1 Å². The summed E-state index contributed by atoms with van der Waals surface area (Å²) in [6.45, 7) is 1.77. The number of hydrogen-bond acceptors (Lipinski definition) is 5. The van der Waals surface area contributed by atoms with Crippen LogP contribution < -0.4 is 14.8 Å². The molecule has 2 aromatic rings. The van der Waals surface area contributed by atoms with Crippen LogP contribution in [0.5, 0.6) is 11.5 Å². The molecular formula is C18H19ClN2O5. The maximum absolute atomic E-state index is 12.4. The fourth-order valence-corrected chi connectivity index (χ4v) is 2.64. The lowest BCUT2D eigenvalue weighted by molar-refractivity contribution is -0.384. The van der Waals surface area contributed by atoms with Crippen LogP contribution in [-0.2, 0) is 11.2 Å². The molecular weight excluding hydrogens is 360 g/mol. The third-order valence-electron chi connectivity index (χ3n) is 3.85. The molecule has 7 nitrogen and oxygen atoms in total. The molecule has 138 valence electrons. The van der Waals surface area contributed by atoms with Gasteiger partial charge in [-0.1, -0.05) is 24.6 Å². The van der Waals surface area contributed by atoms with E-state index in [1.54, 1.807) is 27.2 Å². The molecule has 0 bridgehead atoms. The highest BCUT2D eigenvalue weighted by atomic mass is 35.5. The van der Waals surface area contributed by atoms with Crippen molar-refractivity contribution >= 4 is 28.9 Å². The number of nitro benzene ring substituents is 1. The van der Waals surface area contributed by atoms with Crippen LogP contribution in [0.2, 0.25) is 5.02 Å². The molecule has 2 aromatic carbocycles. The average molecular weight is 379 g/mol. The number of anilines is 1. The lowest BCUT2D eigenvalue weighted by Gasteiger charge is -2.14. The molecule has 0 saturated heterocycles. The minimum Gasteiger partial charge on any atom is -0.493 e. The Morgan fingerprint density at radius 2 is 1.88 bits per heavy atom. The van der Waals surface area contributed by atoms with Crippen molar-refractivity contribution < 1.29 is 19.2 Å². The van der Waals surface area contributed by atoms with Crippen molar-refractivity contribution in [3.8, 4) is 11.5 Å². The van der Waals surface area contributed by atoms with Crippen LogP contribution >= 0.6 is 11.6 Å². The van der Waals surface area contributed by atoms with Gasteiger partial charge in [-0.15, -0.1) is 0 Å². The number of nitrogens with one attached hydrogen (secondary N) is 1. The van der Waals surface area contributed by atoms with E-state index in [1.807, 2.05) is 12.1 Å². The van der Waals surface area contributed by atoms with Crippen LogP contribution in [0.15, 0.2) is 36.4 Å². The summed E-state index contributed by atoms with van der Waals surface area (Å²) in [4.78, 5) is 22.7. The molecule has 1 N–H and O–H groups in total. The molecule has 1 unspecified atom stereocenters. The number of carbonyl (C=O) groups excluding carboxylic acids is 1. The molecule has 0 radical (unpaired) electrons. The maximum Gasteiger partial charge on any atom is 0.289 e. The molecule has 0 heterocycles. The molecule has 26 heavy (non-hydrogen) atoms. The maximum atomic E-state index is 12.4. The molecule has 0 aliphatic carbocycles. The van der Waals surface area contributed by atoms with Crippen LogP contribution in [0.3, 0.4) is 0 Å². The Morgan fingerprint density at radius 1 is 1.19 bits per heavy atom. The van der Waals surface area contributed by atoms with Gasteiger partial charge in [0.2, 0.25) is 5.91 Å². The third-order valence-corrected chi connectivity index (χ3v) is 4.17. The Labute approximate surface area is 156 Å². The molecule has 0 saturated carbocycles. The SMILES string of the molecule is COc1ccc(CC(C)C(=O)Nc2ccc(Cl)c([N+](=O)[O-])c2)cc1OC. The van der Waals surface area contributed by atoms with Gasteiger partial charge >= 0.3 is 0 Å². The normalized spacial score (nSPS) is 11.5. The fraction of sp³-hybridized carbons (Fsp3) is 0.278. The fourth-order valence-electron chi connectivity index (χ4n) is 2.45. The number of ether oxygens (including phenoxy) is 2. The largest absolute Gasteiger partial charge is 0.493 e. The predicted octanol–water partition coefficient (Wildman–Crippen LogP) is 4.08. The zero-order valence-corrected chi connectivity index (χ0v) is 15.4. The standard InChI is InChI=1S/C18H19ClN2O5/c1-11(8-12-4-7-16(25-2)17(9-12)26-3)18(22)20-13-5-6-14(19)15(10-13)21(23)24/h4-7,9-11H,8H2,1-3H3,(H,20,22). The first-order chi connectivity index (χ1) is 12.3. The summed E-state index contributed by atoms with van der Waals surface area (Å²) in [5.74, 6) is 0.590. The zero-order chi connectivity index (χ0) is 19.3. The third kappa shape index (κ3) is 4.64. The van der Waals surface area contributed by atoms with Crippen LogP contribution in [0, 0.1) is 16.0 Å². The van der Waals surface area contributed by atoms with Gasteiger partial charge in [0.1, 0.15) is 5.02 Å². The van der Waals surface area contributed by atoms with Crippen LogP contribution in [0.1, 0.15) is 12.5 Å². The monoisotopic (exact) mass is 378 g/mol. The lowest BCUT2D eigenvalue weighted by Crippen LogP contribution is -2.22. The first kappa shape index (κ1) is 19.5. The summed E-state index contributed by atoms with van der Waals surface area (Å²) in [5, 5.41) is 13.6. The molecule has 0 fully saturated rings. The van der Waals surface area contributed by atoms with Crippen molar-refractivity contribution in [1.82, 2.24) is 0 Å². The number of nitro groups is 1. The number of hydrogen-bond donors (Lipinski definition) is 1. The highest BCUT2D eigenvalue weighted by molar-refractivity contribution is 6.32. The van der Waals surface area contributed by atoms with Gasteiger partial charge in [-0.25, -0.2) is 0 Å². The van der Waals surface area contributed by atoms with Gasteiger partial charge in [-0.2, -0.15) is 0 Å². The zero-order valence-electron chi connectivity index (χ0n) is 14.6. The Balaban J connectivity index is 2.08. The Hall–Kier alpha value is -2.80. The molecule has 0 aliphatic rings. The van der Waals surface area contributed by atoms with Gasteiger partial charge in [0.05, 0.1) is 19.1 Å². The van der Waals surface area contributed by atoms with Gasteiger partial charge in [0.15, 0.2) is 11.5 Å². The number of amides is 1. The quantitative estimate of drug-likeness (QED) is 0.579. The lowest BCUT2D eigenvalue weighted by atomic mass is 10.00. The van der Waals surface area contributed by atoms with E-state index in [0.717, 1.165) is 5.56 Å². The molecule has 2 rings (SSSR count). The summed E-state index contributed by atoms with van der Waals surface area (Å²) in [7, 11) is 3.10. The number of carbonyl (C=O) groups is 1. The topological polar surface area (TPSA) is 90.7 Å². The highest BCUT2D eigenvalue weighted by Crippen LogP contribution is 2.29. The highest BCUT2D eigenvalue weighted by Gasteiger charge is 2.18. The number of rotatable bonds is 7. The predicted molar refractivity (Wildman–Crippen MR) is 99.2 cm³/mol. The van der Waals surface area contributed by atoms with Gasteiger partial charge in [-0.05, 0) is 36.2 Å². The minimum absolute atomic E-state index is 0.0198. The first-order valence-corrected chi connectivity index (χ1v) is 8.19. The van der Waals surface area contributed by atoms with Gasteiger partial charge in [0.25, 0.3) is 5.69 Å². The molecule has 0 aromatic heterocycles. The van der Waals surface area contributed by atoms with E-state index in [9.17, 15) is 14.9 Å². The number of benzene rings is 2. The molecule has 0 aliphatic heterocycles. The molecule has 8 heteroatoms. The number of halogens is 1. The summed E-state index contributed by atoms with van der Waals surface area (Å²) in [6.07, 6.45) is 0.474. The summed E-state index contributed by atoms with van der Waals surface area (Å²) >= 11 is 5.77. The number of nitrogens with zero attached hydrogens (tertiary/aromatic N) is 1. The van der Waals surface area contributed by atoms with Gasteiger partial charge in [-0.3, -0.25) is 14.9 Å². The van der Waals surface area contributed by atoms with E-state index in [2.05, 4.69) is 5.32 Å². The van der Waals surface area contributed by atoms with E-state index in [1.165, 1.54) is 18.2 Å². The second-order valence-electron chi connectivity index (χ2n) is 5.71. The van der Waals surface area contributed by atoms with Crippen molar-refractivity contribution in [1.29, 1.82) is 0 Å². The van der Waals surface area contributed by atoms with E-state index < -0.39 is 4.92 Å². The Kier molecular flexibility index (Phi) is 6.41. The Morgan fingerprint density at radius 3 is 2.50 bits per heavy atom. The van der Waals surface area contributed by atoms with Crippen LogP contribution in [-0.4, -0.2) is 25.1 Å². The summed E-state index contributed by atoms with van der Waals surface area (Å²) in [6, 6.07) is 9.60. The average Bonchev–Trinajstić information content (AvgIpc) is 2.62. The van der Waals surface area contributed by atoms with Crippen molar-refractivity contribution in [2.75, 3.05) is 19.5 Å². The molecule has 0 spiro atoms. The van der Waals surface area contributed by atoms with Gasteiger partial charge < -0.3 is 14.8 Å². The van der Waals surface area contributed by atoms with Crippen LogP contribution in [0.4, 0.5) is 11.4 Å². The van der Waals surface area contributed by atoms with Crippen molar-refractivity contribution in [2.45, 2.75) is 13.3 Å². The summed E-state index contributed by atoms with van der Waals surface area (Å²) in [5.41, 5.74) is 0.981. The summed E-state index contributed by atoms with van der Waals surface area (Å²) < 4.78 is 10.5. The second kappa shape index (κ2) is 8.53. The van der Waals surface area contributed by atoms with Crippen molar-refractivity contribution in [3.63, 3.8) is 0 Å². The minimum atomic E-state index is -0.592. The van der Waals surface area contributed by atoms with E-state index >= 15 is 0 Å². The van der Waals surface area contributed by atoms with Crippen molar-refractivity contribution in [3.05, 3.63) is 57.1 Å². The van der Waals surface area contributed by atoms with Gasteiger partial charge in [0, 0.05) is 17.7 Å². The first-order valence-electron chi connectivity index (χ1n) is 7.81. The Bertz CT molecular complexity index is 825. The second-order valence-corrected chi connectivity index (χ2v) is 6.11. The van der Waals surface area contributed by atoms with E-state index in [0.29, 0.717) is 23.6 Å². The van der Waals surface area contributed by atoms with E-state index in [-0.39, 0.29) is 22.5 Å². The number of methoxy groups -OCH3 is 2. The van der Waals surface area contributed by atoms with Crippen molar-refractivity contribution in [2.24, 2.45) is 5.92 Å². The smallest absolute Gasteiger partial charge is 0.289 e. The molecule has 1 amide bonds. The van der Waals surface area contributed by atoms with Crippen LogP contribution in [0.25, 0.3) is 0 Å².